The largest absolute Gasteiger partial charge is 0.353 e. The lowest BCUT2D eigenvalue weighted by molar-refractivity contribution is -0.121. The maximum Gasteiger partial charge on any atom is 0.282 e. The Kier molecular flexibility index (Phi) is 5.21. The normalized spacial score (nSPS) is 13.5. The second-order valence-electron chi connectivity index (χ2n) is 6.18. The van der Waals surface area contributed by atoms with Crippen LogP contribution < -0.4 is 5.32 Å². The highest BCUT2D eigenvalue weighted by atomic mass is 79.9. The number of nitrogens with zero attached hydrogens (tertiary/aromatic N) is 4. The Morgan fingerprint density at radius 3 is 2.68 bits per heavy atom. The number of aromatic nitrogens is 4. The van der Waals surface area contributed by atoms with E-state index in [0.717, 1.165) is 28.0 Å². The molecule has 0 atom stereocenters. The van der Waals surface area contributed by atoms with Gasteiger partial charge in [-0.3, -0.25) is 14.2 Å². The number of hydrogen-bond acceptors (Lipinski definition) is 3. The summed E-state index contributed by atoms with van der Waals surface area (Å²) < 4.78 is 30.3. The number of carbonyl (C=O) groups excluding carboxylic acids is 1. The first-order valence-corrected chi connectivity index (χ1v) is 9.00. The fraction of sp³-hybridized carbons (Fsp3) is 0.562. The summed E-state index contributed by atoms with van der Waals surface area (Å²) in [6.45, 7) is 4.79. The number of nitrogens with one attached hydrogen (secondary N) is 1. The third kappa shape index (κ3) is 3.61. The van der Waals surface area contributed by atoms with Crippen LogP contribution in [0.1, 0.15) is 41.2 Å². The van der Waals surface area contributed by atoms with E-state index < -0.39 is 6.43 Å². The van der Waals surface area contributed by atoms with Crippen molar-refractivity contribution >= 4 is 21.8 Å². The Labute approximate surface area is 152 Å². The lowest BCUT2D eigenvalue weighted by atomic mass is 10.2. The van der Waals surface area contributed by atoms with Crippen LogP contribution in [0.4, 0.5) is 8.78 Å². The van der Waals surface area contributed by atoms with Gasteiger partial charge in [0, 0.05) is 23.5 Å². The number of fused-ring (bicyclic) bond motifs is 1. The molecule has 2 heterocycles. The van der Waals surface area contributed by atoms with E-state index in [-0.39, 0.29) is 18.1 Å². The molecule has 3 rings (SSSR count). The van der Waals surface area contributed by atoms with Crippen molar-refractivity contribution in [3.8, 4) is 0 Å². The summed E-state index contributed by atoms with van der Waals surface area (Å²) in [5, 5.41) is 11.1. The van der Waals surface area contributed by atoms with Crippen molar-refractivity contribution in [2.45, 2.75) is 52.6 Å². The van der Waals surface area contributed by atoms with Crippen molar-refractivity contribution in [3.05, 3.63) is 32.8 Å². The van der Waals surface area contributed by atoms with Gasteiger partial charge in [0.25, 0.3) is 6.43 Å². The molecule has 1 amide bonds. The summed E-state index contributed by atoms with van der Waals surface area (Å²) in [5.41, 5.74) is 3.12. The molecule has 6 nitrogen and oxygen atoms in total. The fourth-order valence-electron chi connectivity index (χ4n) is 3.23. The van der Waals surface area contributed by atoms with E-state index in [1.165, 1.54) is 4.68 Å². The van der Waals surface area contributed by atoms with Gasteiger partial charge in [0.15, 0.2) is 0 Å². The average molecular weight is 416 g/mol. The number of aryl methyl sites for hydroxylation is 1. The first kappa shape index (κ1) is 18.0. The monoisotopic (exact) mass is 415 g/mol. The molecule has 0 saturated heterocycles. The average Bonchev–Trinajstić information content (AvgIpc) is 3.21. The minimum atomic E-state index is -2.60. The van der Waals surface area contributed by atoms with Crippen molar-refractivity contribution < 1.29 is 13.6 Å². The van der Waals surface area contributed by atoms with Crippen molar-refractivity contribution in [1.29, 1.82) is 0 Å². The standard InChI is InChI=1S/C16H20BrF2N5O/c1-9-14(17)10(2)23(21-9)7-6-20-13(25)8-24-12-5-3-4-11(12)15(22-24)16(18)19/h16H,3-8H2,1-2H3,(H,20,25). The third-order valence-electron chi connectivity index (χ3n) is 4.48. The second-order valence-corrected chi connectivity index (χ2v) is 6.97. The van der Waals surface area contributed by atoms with Crippen LogP contribution in [0.15, 0.2) is 4.47 Å². The lowest BCUT2D eigenvalue weighted by Gasteiger charge is -2.08. The summed E-state index contributed by atoms with van der Waals surface area (Å²) in [6.07, 6.45) is -0.451. The Morgan fingerprint density at radius 1 is 1.28 bits per heavy atom. The number of hydrogen-bond donors (Lipinski definition) is 1. The van der Waals surface area contributed by atoms with Crippen LogP contribution in [-0.2, 0) is 30.7 Å². The lowest BCUT2D eigenvalue weighted by Crippen LogP contribution is -2.31. The minimum Gasteiger partial charge on any atom is -0.353 e. The molecule has 0 spiro atoms. The summed E-state index contributed by atoms with van der Waals surface area (Å²) in [6, 6.07) is 0. The Bertz CT molecular complexity index is 799. The predicted molar refractivity (Wildman–Crippen MR) is 91.6 cm³/mol. The van der Waals surface area contributed by atoms with E-state index >= 15 is 0 Å². The molecule has 0 aliphatic heterocycles. The molecular weight excluding hydrogens is 396 g/mol. The molecule has 1 aliphatic rings. The van der Waals surface area contributed by atoms with Crippen molar-refractivity contribution in [2.24, 2.45) is 0 Å². The highest BCUT2D eigenvalue weighted by molar-refractivity contribution is 9.10. The Hall–Kier alpha value is -1.77. The minimum absolute atomic E-state index is 0.0319. The van der Waals surface area contributed by atoms with E-state index in [1.807, 2.05) is 18.5 Å². The van der Waals surface area contributed by atoms with Crippen LogP contribution >= 0.6 is 15.9 Å². The van der Waals surface area contributed by atoms with Crippen molar-refractivity contribution in [1.82, 2.24) is 24.9 Å². The SMILES string of the molecule is Cc1nn(CCNC(=O)Cn2nc(C(F)F)c3c2CCC3)c(C)c1Br. The summed E-state index contributed by atoms with van der Waals surface area (Å²) in [4.78, 5) is 12.1. The first-order valence-electron chi connectivity index (χ1n) is 8.21. The van der Waals surface area contributed by atoms with Crippen LogP contribution in [0.5, 0.6) is 0 Å². The summed E-state index contributed by atoms with van der Waals surface area (Å²) in [7, 11) is 0. The predicted octanol–water partition coefficient (Wildman–Crippen LogP) is 2.70. The third-order valence-corrected chi connectivity index (χ3v) is 5.62. The molecule has 1 aliphatic carbocycles. The first-order chi connectivity index (χ1) is 11.9. The van der Waals surface area contributed by atoms with Gasteiger partial charge in [-0.25, -0.2) is 8.78 Å². The van der Waals surface area contributed by atoms with Gasteiger partial charge in [0.2, 0.25) is 5.91 Å². The quantitative estimate of drug-likeness (QED) is 0.788. The zero-order chi connectivity index (χ0) is 18.1. The molecular formula is C16H20BrF2N5O. The maximum atomic E-state index is 13.0. The van der Waals surface area contributed by atoms with E-state index in [1.54, 1.807) is 0 Å². The van der Waals surface area contributed by atoms with Gasteiger partial charge in [0.1, 0.15) is 12.2 Å². The molecule has 0 saturated carbocycles. The van der Waals surface area contributed by atoms with E-state index in [9.17, 15) is 13.6 Å². The zero-order valence-electron chi connectivity index (χ0n) is 14.2. The summed E-state index contributed by atoms with van der Waals surface area (Å²) >= 11 is 3.46. The molecule has 1 N–H and O–H groups in total. The van der Waals surface area contributed by atoms with Gasteiger partial charge in [-0.2, -0.15) is 10.2 Å². The Balaban J connectivity index is 1.58. The van der Waals surface area contributed by atoms with E-state index in [4.69, 9.17) is 0 Å². The van der Waals surface area contributed by atoms with Gasteiger partial charge in [-0.05, 0) is 49.0 Å². The zero-order valence-corrected chi connectivity index (χ0v) is 15.7. The smallest absolute Gasteiger partial charge is 0.282 e. The van der Waals surface area contributed by atoms with Crippen LogP contribution in [0.25, 0.3) is 0 Å². The number of rotatable bonds is 6. The number of carbonyl (C=O) groups is 1. The molecule has 0 radical (unpaired) electrons. The highest BCUT2D eigenvalue weighted by Crippen LogP contribution is 2.31. The van der Waals surface area contributed by atoms with Gasteiger partial charge in [0.05, 0.1) is 16.7 Å². The van der Waals surface area contributed by atoms with Crippen LogP contribution in [0.3, 0.4) is 0 Å². The molecule has 2 aromatic heterocycles. The van der Waals surface area contributed by atoms with Crippen molar-refractivity contribution in [3.63, 3.8) is 0 Å². The molecule has 136 valence electrons. The van der Waals surface area contributed by atoms with Gasteiger partial charge in [-0.1, -0.05) is 0 Å². The molecule has 0 aromatic carbocycles. The van der Waals surface area contributed by atoms with Crippen LogP contribution in [0, 0.1) is 13.8 Å². The molecule has 0 unspecified atom stereocenters. The van der Waals surface area contributed by atoms with Gasteiger partial charge >= 0.3 is 0 Å². The topological polar surface area (TPSA) is 64.7 Å². The molecule has 0 bridgehead atoms. The second kappa shape index (κ2) is 7.23. The summed E-state index contributed by atoms with van der Waals surface area (Å²) in [5.74, 6) is -0.237. The van der Waals surface area contributed by atoms with E-state index in [2.05, 4.69) is 31.4 Å². The molecule has 0 fully saturated rings. The fourth-order valence-corrected chi connectivity index (χ4v) is 3.52. The number of halogens is 3. The molecule has 9 heteroatoms. The molecule has 25 heavy (non-hydrogen) atoms. The van der Waals surface area contributed by atoms with Crippen LogP contribution in [-0.4, -0.2) is 32.0 Å². The van der Waals surface area contributed by atoms with Crippen molar-refractivity contribution in [2.75, 3.05) is 6.54 Å². The van der Waals surface area contributed by atoms with E-state index in [0.29, 0.717) is 31.5 Å². The van der Waals surface area contributed by atoms with Gasteiger partial charge in [-0.15, -0.1) is 0 Å². The van der Waals surface area contributed by atoms with Crippen LogP contribution in [0.2, 0.25) is 0 Å². The highest BCUT2D eigenvalue weighted by Gasteiger charge is 2.27. The number of alkyl halides is 2. The van der Waals surface area contributed by atoms with Gasteiger partial charge < -0.3 is 5.32 Å². The number of amides is 1. The Morgan fingerprint density at radius 2 is 2.04 bits per heavy atom. The maximum absolute atomic E-state index is 13.0. The molecule has 2 aromatic rings.